The molecule has 0 bridgehead atoms. The quantitative estimate of drug-likeness (QED) is 0.714. The molecule has 0 saturated heterocycles. The predicted octanol–water partition coefficient (Wildman–Crippen LogP) is 4.10. The Morgan fingerprint density at radius 2 is 1.86 bits per heavy atom. The highest BCUT2D eigenvalue weighted by molar-refractivity contribution is 9.10. The molecule has 3 aromatic rings. The smallest absolute Gasteiger partial charge is 0.206 e. The maximum atomic E-state index is 14.3. The SMILES string of the molecule is Cc1ccc(F)c(-n2c(N)nc3cc(Br)c(F)cc32)c1F. The fourth-order valence-corrected chi connectivity index (χ4v) is 2.50. The number of nitrogens with two attached hydrogens (primary N) is 1. The van der Waals surface area contributed by atoms with Gasteiger partial charge in [-0.25, -0.2) is 18.2 Å². The Bertz CT molecular complexity index is 874. The van der Waals surface area contributed by atoms with E-state index in [0.29, 0.717) is 5.52 Å². The Morgan fingerprint density at radius 3 is 2.57 bits per heavy atom. The Labute approximate surface area is 126 Å². The van der Waals surface area contributed by atoms with E-state index in [1.54, 1.807) is 0 Å². The predicted molar refractivity (Wildman–Crippen MR) is 77.8 cm³/mol. The summed E-state index contributed by atoms with van der Waals surface area (Å²) in [5, 5.41) is 0. The van der Waals surface area contributed by atoms with E-state index in [9.17, 15) is 13.2 Å². The lowest BCUT2D eigenvalue weighted by Crippen LogP contribution is -2.07. The van der Waals surface area contributed by atoms with Gasteiger partial charge in [0.2, 0.25) is 5.95 Å². The van der Waals surface area contributed by atoms with Gasteiger partial charge in [-0.2, -0.15) is 0 Å². The van der Waals surface area contributed by atoms with Crippen LogP contribution in [0.4, 0.5) is 19.1 Å². The van der Waals surface area contributed by atoms with Crippen molar-refractivity contribution in [2.75, 3.05) is 5.73 Å². The summed E-state index contributed by atoms with van der Waals surface area (Å²) in [4.78, 5) is 4.01. The van der Waals surface area contributed by atoms with Crippen molar-refractivity contribution < 1.29 is 13.2 Å². The number of imidazole rings is 1. The van der Waals surface area contributed by atoms with Crippen molar-refractivity contribution in [1.29, 1.82) is 0 Å². The molecule has 0 unspecified atom stereocenters. The Balaban J connectivity index is 2.43. The lowest BCUT2D eigenvalue weighted by molar-refractivity contribution is 0.566. The molecule has 0 aliphatic heterocycles. The number of nitrogens with zero attached hydrogens (tertiary/aromatic N) is 2. The fraction of sp³-hybridized carbons (Fsp3) is 0.0714. The largest absolute Gasteiger partial charge is 0.369 e. The van der Waals surface area contributed by atoms with Crippen LogP contribution in [0.3, 0.4) is 0 Å². The van der Waals surface area contributed by atoms with Crippen LogP contribution < -0.4 is 5.73 Å². The molecule has 108 valence electrons. The summed E-state index contributed by atoms with van der Waals surface area (Å²) in [6, 6.07) is 4.99. The topological polar surface area (TPSA) is 43.8 Å². The minimum absolute atomic E-state index is 0.120. The molecule has 0 radical (unpaired) electrons. The number of rotatable bonds is 1. The average Bonchev–Trinajstić information content (AvgIpc) is 2.72. The van der Waals surface area contributed by atoms with Crippen molar-refractivity contribution in [1.82, 2.24) is 9.55 Å². The van der Waals surface area contributed by atoms with E-state index < -0.39 is 17.5 Å². The van der Waals surface area contributed by atoms with Gasteiger partial charge in [-0.15, -0.1) is 0 Å². The van der Waals surface area contributed by atoms with Gasteiger partial charge in [-0.3, -0.25) is 4.57 Å². The normalized spacial score (nSPS) is 11.3. The van der Waals surface area contributed by atoms with Crippen LogP contribution in [0, 0.1) is 24.4 Å². The average molecular weight is 356 g/mol. The number of fused-ring (bicyclic) bond motifs is 1. The second-order valence-corrected chi connectivity index (χ2v) is 5.44. The monoisotopic (exact) mass is 355 g/mol. The molecule has 7 heteroatoms. The molecule has 3 rings (SSSR count). The number of aromatic nitrogens is 2. The highest BCUT2D eigenvalue weighted by atomic mass is 79.9. The molecule has 0 amide bonds. The summed E-state index contributed by atoms with van der Waals surface area (Å²) >= 11 is 3.03. The van der Waals surface area contributed by atoms with Crippen LogP contribution in [0.2, 0.25) is 0 Å². The number of nitrogen functional groups attached to an aromatic ring is 1. The second-order valence-electron chi connectivity index (χ2n) is 4.59. The highest BCUT2D eigenvalue weighted by Crippen LogP contribution is 2.30. The molecule has 0 atom stereocenters. The maximum absolute atomic E-state index is 14.3. The molecule has 0 aliphatic rings. The molecule has 21 heavy (non-hydrogen) atoms. The van der Waals surface area contributed by atoms with Gasteiger partial charge in [-0.05, 0) is 40.5 Å². The molecule has 0 saturated carbocycles. The molecule has 0 aliphatic carbocycles. The molecular weight excluding hydrogens is 347 g/mol. The van der Waals surface area contributed by atoms with Crippen molar-refractivity contribution in [3.8, 4) is 5.69 Å². The van der Waals surface area contributed by atoms with Gasteiger partial charge in [0.05, 0.1) is 15.5 Å². The standard InChI is InChI=1S/C14H9BrF3N3/c1-6-2-3-8(16)13(12(6)18)21-11-5-9(17)7(15)4-10(11)20-14(21)19/h2-5H,1H3,(H2,19,20). The van der Waals surface area contributed by atoms with E-state index in [1.165, 1.54) is 19.1 Å². The fourth-order valence-electron chi connectivity index (χ4n) is 2.17. The lowest BCUT2D eigenvalue weighted by Gasteiger charge is -2.11. The Kier molecular flexibility index (Phi) is 3.16. The first-order valence-electron chi connectivity index (χ1n) is 5.98. The van der Waals surface area contributed by atoms with Crippen molar-refractivity contribution in [3.05, 3.63) is 51.8 Å². The van der Waals surface area contributed by atoms with E-state index in [2.05, 4.69) is 20.9 Å². The van der Waals surface area contributed by atoms with Crippen LogP contribution in [-0.4, -0.2) is 9.55 Å². The zero-order chi connectivity index (χ0) is 15.3. The summed E-state index contributed by atoms with van der Waals surface area (Å²) < 4.78 is 43.3. The lowest BCUT2D eigenvalue weighted by atomic mass is 10.2. The van der Waals surface area contributed by atoms with E-state index in [1.807, 2.05) is 0 Å². The van der Waals surface area contributed by atoms with Crippen LogP contribution in [0.1, 0.15) is 5.56 Å². The number of benzene rings is 2. The number of halogens is 4. The van der Waals surface area contributed by atoms with E-state index >= 15 is 0 Å². The maximum Gasteiger partial charge on any atom is 0.206 e. The van der Waals surface area contributed by atoms with Crippen molar-refractivity contribution >= 4 is 32.9 Å². The van der Waals surface area contributed by atoms with Crippen molar-refractivity contribution in [2.24, 2.45) is 0 Å². The van der Waals surface area contributed by atoms with Gasteiger partial charge in [0.25, 0.3) is 0 Å². The first-order chi connectivity index (χ1) is 9.90. The molecular formula is C14H9BrF3N3. The number of anilines is 1. The zero-order valence-electron chi connectivity index (χ0n) is 10.8. The van der Waals surface area contributed by atoms with Crippen LogP contribution in [-0.2, 0) is 0 Å². The van der Waals surface area contributed by atoms with Gasteiger partial charge in [-0.1, -0.05) is 6.07 Å². The number of hydrogen-bond acceptors (Lipinski definition) is 2. The summed E-state index contributed by atoms with van der Waals surface area (Å²) in [7, 11) is 0. The van der Waals surface area contributed by atoms with Gasteiger partial charge in [0.15, 0.2) is 5.82 Å². The van der Waals surface area contributed by atoms with Gasteiger partial charge < -0.3 is 5.73 Å². The van der Waals surface area contributed by atoms with Crippen LogP contribution in [0.25, 0.3) is 16.7 Å². The van der Waals surface area contributed by atoms with Gasteiger partial charge in [0, 0.05) is 6.07 Å². The van der Waals surface area contributed by atoms with Gasteiger partial charge >= 0.3 is 0 Å². The summed E-state index contributed by atoms with van der Waals surface area (Å²) in [5.74, 6) is -2.25. The van der Waals surface area contributed by atoms with E-state index in [4.69, 9.17) is 5.73 Å². The molecule has 3 nitrogen and oxygen atoms in total. The Hall–Kier alpha value is -2.02. The van der Waals surface area contributed by atoms with E-state index in [0.717, 1.165) is 16.7 Å². The van der Waals surface area contributed by atoms with Crippen molar-refractivity contribution in [2.45, 2.75) is 6.92 Å². The van der Waals surface area contributed by atoms with Gasteiger partial charge in [0.1, 0.15) is 17.3 Å². The van der Waals surface area contributed by atoms with E-state index in [-0.39, 0.29) is 27.2 Å². The molecule has 2 aromatic carbocycles. The van der Waals surface area contributed by atoms with Crippen LogP contribution in [0.5, 0.6) is 0 Å². The summed E-state index contributed by atoms with van der Waals surface area (Å²) in [6.45, 7) is 1.50. The third kappa shape index (κ3) is 2.08. The molecule has 1 aromatic heterocycles. The third-order valence-corrected chi connectivity index (χ3v) is 3.81. The molecule has 0 fully saturated rings. The Morgan fingerprint density at radius 1 is 1.14 bits per heavy atom. The van der Waals surface area contributed by atoms with Crippen molar-refractivity contribution in [3.63, 3.8) is 0 Å². The minimum atomic E-state index is -0.799. The second kappa shape index (κ2) is 4.77. The van der Waals surface area contributed by atoms with Crippen LogP contribution >= 0.6 is 15.9 Å². The summed E-state index contributed by atoms with van der Waals surface area (Å²) in [6.07, 6.45) is 0. The number of hydrogen-bond donors (Lipinski definition) is 1. The summed E-state index contributed by atoms with van der Waals surface area (Å²) in [5.41, 5.74) is 6.17. The van der Waals surface area contributed by atoms with Crippen LogP contribution in [0.15, 0.2) is 28.7 Å². The molecule has 2 N–H and O–H groups in total. The zero-order valence-corrected chi connectivity index (χ0v) is 12.4. The first-order valence-corrected chi connectivity index (χ1v) is 6.77. The minimum Gasteiger partial charge on any atom is -0.369 e. The highest BCUT2D eigenvalue weighted by Gasteiger charge is 2.20. The molecule has 0 spiro atoms. The molecule has 1 heterocycles. The number of aryl methyl sites for hydroxylation is 1. The first kappa shape index (κ1) is 13.9. The third-order valence-electron chi connectivity index (χ3n) is 3.21.